The van der Waals surface area contributed by atoms with Gasteiger partial charge < -0.3 is 14.4 Å². The topological polar surface area (TPSA) is 69.5 Å². The van der Waals surface area contributed by atoms with Crippen molar-refractivity contribution in [3.8, 4) is 11.6 Å². The molecule has 0 N–H and O–H groups in total. The summed E-state index contributed by atoms with van der Waals surface area (Å²) in [6, 6.07) is 12.1. The average molecular weight is 449 g/mol. The third-order valence-corrected chi connectivity index (χ3v) is 5.86. The van der Waals surface area contributed by atoms with E-state index in [1.165, 1.54) is 0 Å². The summed E-state index contributed by atoms with van der Waals surface area (Å²) in [7, 11) is 1.82. The van der Waals surface area contributed by atoms with Crippen molar-refractivity contribution in [2.45, 2.75) is 51.7 Å². The largest absolute Gasteiger partial charge is 0.489 e. The molecule has 174 valence electrons. The van der Waals surface area contributed by atoms with Gasteiger partial charge in [0.25, 0.3) is 0 Å². The molecule has 3 aromatic rings. The molecule has 3 heterocycles. The van der Waals surface area contributed by atoms with Crippen molar-refractivity contribution >= 4 is 11.5 Å². The van der Waals surface area contributed by atoms with Gasteiger partial charge in [0.2, 0.25) is 5.88 Å². The summed E-state index contributed by atoms with van der Waals surface area (Å²) in [6.07, 6.45) is 6.82. The molecule has 4 rings (SSSR count). The Morgan fingerprint density at radius 2 is 1.97 bits per heavy atom. The number of aromatic nitrogens is 3. The molecule has 2 aromatic heterocycles. The molecular weight excluding hydrogens is 416 g/mol. The number of ether oxygens (including phenoxy) is 2. The first kappa shape index (κ1) is 22.8. The van der Waals surface area contributed by atoms with E-state index in [1.807, 2.05) is 45.2 Å². The van der Waals surface area contributed by atoms with Gasteiger partial charge in [0.05, 0.1) is 24.4 Å². The number of aryl methyl sites for hydroxylation is 1. The second-order valence-corrected chi connectivity index (χ2v) is 8.99. The standard InChI is InChI=1S/C26H32N4O3/c1-18(2)32-26-14-22(9-11-27-26)30-12-10-24(17-30)33-23-7-5-20(6-8-23)19(3)13-25(31)21-15-28-29(4)16-21/h5-9,11,14-16,18-19,24H,10,12-13,17H2,1-4H3/t19-,24?/m1/s1. The molecule has 7 heteroatoms. The van der Waals surface area contributed by atoms with E-state index in [9.17, 15) is 4.79 Å². The van der Waals surface area contributed by atoms with E-state index < -0.39 is 0 Å². The highest BCUT2D eigenvalue weighted by Gasteiger charge is 2.25. The summed E-state index contributed by atoms with van der Waals surface area (Å²) in [5.74, 6) is 1.75. The number of hydrogen-bond acceptors (Lipinski definition) is 6. The van der Waals surface area contributed by atoms with Crippen molar-refractivity contribution in [1.29, 1.82) is 0 Å². The minimum Gasteiger partial charge on any atom is -0.489 e. The average Bonchev–Trinajstić information content (AvgIpc) is 3.43. The van der Waals surface area contributed by atoms with Gasteiger partial charge >= 0.3 is 0 Å². The highest BCUT2D eigenvalue weighted by molar-refractivity contribution is 5.96. The second-order valence-electron chi connectivity index (χ2n) is 8.99. The van der Waals surface area contributed by atoms with Crippen LogP contribution in [0, 0.1) is 0 Å². The number of ketones is 1. The number of carbonyl (C=O) groups excluding carboxylic acids is 1. The van der Waals surface area contributed by atoms with E-state index >= 15 is 0 Å². The normalized spacial score (nSPS) is 16.8. The van der Waals surface area contributed by atoms with Crippen LogP contribution in [-0.2, 0) is 7.05 Å². The zero-order valence-corrected chi connectivity index (χ0v) is 19.8. The Hall–Kier alpha value is -3.35. The van der Waals surface area contributed by atoms with Crippen molar-refractivity contribution in [1.82, 2.24) is 14.8 Å². The number of carbonyl (C=O) groups is 1. The molecule has 1 aromatic carbocycles. The zero-order valence-electron chi connectivity index (χ0n) is 19.8. The second kappa shape index (κ2) is 10.1. The molecule has 7 nitrogen and oxygen atoms in total. The van der Waals surface area contributed by atoms with Crippen molar-refractivity contribution in [3.05, 3.63) is 66.1 Å². The summed E-state index contributed by atoms with van der Waals surface area (Å²) in [4.78, 5) is 19.1. The molecule has 0 aliphatic carbocycles. The lowest BCUT2D eigenvalue weighted by atomic mass is 9.94. The molecule has 0 radical (unpaired) electrons. The molecule has 2 atom stereocenters. The number of pyridine rings is 1. The first-order valence-electron chi connectivity index (χ1n) is 11.5. The van der Waals surface area contributed by atoms with E-state index in [2.05, 4.69) is 34.0 Å². The van der Waals surface area contributed by atoms with Crippen molar-refractivity contribution < 1.29 is 14.3 Å². The first-order chi connectivity index (χ1) is 15.9. The lowest BCUT2D eigenvalue weighted by Crippen LogP contribution is -2.24. The highest BCUT2D eigenvalue weighted by atomic mass is 16.5. The molecule has 0 spiro atoms. The van der Waals surface area contributed by atoms with Crippen molar-refractivity contribution in [2.24, 2.45) is 7.05 Å². The van der Waals surface area contributed by atoms with Crippen LogP contribution >= 0.6 is 0 Å². The minimum atomic E-state index is 0.0987. The molecule has 0 saturated carbocycles. The predicted molar refractivity (Wildman–Crippen MR) is 128 cm³/mol. The fourth-order valence-electron chi connectivity index (χ4n) is 4.11. The summed E-state index contributed by atoms with van der Waals surface area (Å²) < 4.78 is 13.6. The monoisotopic (exact) mass is 448 g/mol. The highest BCUT2D eigenvalue weighted by Crippen LogP contribution is 2.28. The molecular formula is C26H32N4O3. The van der Waals surface area contributed by atoms with Crippen molar-refractivity contribution in [2.75, 3.05) is 18.0 Å². The minimum absolute atomic E-state index is 0.0987. The predicted octanol–water partition coefficient (Wildman–Crippen LogP) is 4.64. The number of Topliss-reactive ketones (excluding diaryl/α,β-unsaturated/α-hetero) is 1. The van der Waals surface area contributed by atoms with Crippen LogP contribution in [-0.4, -0.2) is 45.8 Å². The fraction of sp³-hybridized carbons (Fsp3) is 0.423. The summed E-state index contributed by atoms with van der Waals surface area (Å²) in [6.45, 7) is 7.83. The Morgan fingerprint density at radius 3 is 2.67 bits per heavy atom. The zero-order chi connectivity index (χ0) is 23.4. The SMILES string of the molecule is CC(C)Oc1cc(N2CCC(Oc3ccc([C@H](C)CC(=O)c4cnn(C)c4)cc3)C2)ccn1. The number of anilines is 1. The lowest BCUT2D eigenvalue weighted by Gasteiger charge is -2.20. The molecule has 0 bridgehead atoms. The molecule has 1 aliphatic rings. The number of nitrogens with zero attached hydrogens (tertiary/aromatic N) is 4. The number of rotatable bonds is 9. The van der Waals surface area contributed by atoms with Crippen LogP contribution in [0.3, 0.4) is 0 Å². The molecule has 1 fully saturated rings. The molecule has 1 aliphatic heterocycles. The van der Waals surface area contributed by atoms with Crippen LogP contribution in [0.15, 0.2) is 55.0 Å². The third kappa shape index (κ3) is 5.92. The maximum absolute atomic E-state index is 12.5. The lowest BCUT2D eigenvalue weighted by molar-refractivity contribution is 0.0975. The smallest absolute Gasteiger partial charge is 0.215 e. The van der Waals surface area contributed by atoms with Gasteiger partial charge in [-0.05, 0) is 43.5 Å². The maximum Gasteiger partial charge on any atom is 0.215 e. The van der Waals surface area contributed by atoms with Crippen LogP contribution in [0.2, 0.25) is 0 Å². The molecule has 1 saturated heterocycles. The van der Waals surface area contributed by atoms with Crippen LogP contribution < -0.4 is 14.4 Å². The van der Waals surface area contributed by atoms with Gasteiger partial charge in [-0.25, -0.2) is 4.98 Å². The summed E-state index contributed by atoms with van der Waals surface area (Å²) >= 11 is 0. The Bertz CT molecular complexity index is 1080. The first-order valence-corrected chi connectivity index (χ1v) is 11.5. The van der Waals surface area contributed by atoms with Gasteiger partial charge in [-0.1, -0.05) is 19.1 Å². The third-order valence-electron chi connectivity index (χ3n) is 5.86. The fourth-order valence-corrected chi connectivity index (χ4v) is 4.11. The molecule has 0 amide bonds. The molecule has 33 heavy (non-hydrogen) atoms. The van der Waals surface area contributed by atoms with Gasteiger partial charge in [0.1, 0.15) is 11.9 Å². The van der Waals surface area contributed by atoms with E-state index in [0.717, 1.165) is 36.5 Å². The number of benzene rings is 1. The van der Waals surface area contributed by atoms with Gasteiger partial charge in [0, 0.05) is 50.6 Å². The molecule has 1 unspecified atom stereocenters. The Kier molecular flexibility index (Phi) is 6.96. The number of hydrogen-bond donors (Lipinski definition) is 0. The summed E-state index contributed by atoms with van der Waals surface area (Å²) in [5, 5.41) is 4.08. The Balaban J connectivity index is 1.31. The van der Waals surface area contributed by atoms with E-state index in [-0.39, 0.29) is 23.9 Å². The van der Waals surface area contributed by atoms with E-state index in [4.69, 9.17) is 9.47 Å². The van der Waals surface area contributed by atoms with Crippen LogP contribution in [0.25, 0.3) is 0 Å². The van der Waals surface area contributed by atoms with Crippen LogP contribution in [0.1, 0.15) is 55.5 Å². The van der Waals surface area contributed by atoms with E-state index in [0.29, 0.717) is 17.9 Å². The van der Waals surface area contributed by atoms with Crippen LogP contribution in [0.4, 0.5) is 5.69 Å². The summed E-state index contributed by atoms with van der Waals surface area (Å²) in [5.41, 5.74) is 2.89. The van der Waals surface area contributed by atoms with Gasteiger partial charge in [-0.2, -0.15) is 5.10 Å². The van der Waals surface area contributed by atoms with Gasteiger partial charge in [-0.3, -0.25) is 9.48 Å². The van der Waals surface area contributed by atoms with Crippen molar-refractivity contribution in [3.63, 3.8) is 0 Å². The quantitative estimate of drug-likeness (QED) is 0.444. The van der Waals surface area contributed by atoms with Gasteiger partial charge in [-0.15, -0.1) is 0 Å². The van der Waals surface area contributed by atoms with Gasteiger partial charge in [0.15, 0.2) is 5.78 Å². The maximum atomic E-state index is 12.5. The Labute approximate surface area is 195 Å². The van der Waals surface area contributed by atoms with Crippen LogP contribution in [0.5, 0.6) is 11.6 Å². The van der Waals surface area contributed by atoms with E-state index in [1.54, 1.807) is 23.3 Å². The Morgan fingerprint density at radius 1 is 1.18 bits per heavy atom.